The molecule has 0 saturated heterocycles. The zero-order valence-corrected chi connectivity index (χ0v) is 9.71. The van der Waals surface area contributed by atoms with Gasteiger partial charge in [-0.1, -0.05) is 45.0 Å². The van der Waals surface area contributed by atoms with Crippen LogP contribution in [-0.2, 0) is 11.3 Å². The summed E-state index contributed by atoms with van der Waals surface area (Å²) in [5.41, 5.74) is 2.49. The highest BCUT2D eigenvalue weighted by molar-refractivity contribution is 5.75. The largest absolute Gasteiger partial charge is 0.352 e. The molecule has 0 atom stereocenters. The van der Waals surface area contributed by atoms with Gasteiger partial charge in [-0.05, 0) is 17.0 Å². The third kappa shape index (κ3) is 3.74. The number of carbonyl (C=O) groups excluding carboxylic acids is 1. The second-order valence-electron chi connectivity index (χ2n) is 4.03. The maximum Gasteiger partial charge on any atom is 0.219 e. The number of carbonyl (C=O) groups is 1. The van der Waals surface area contributed by atoms with Crippen molar-refractivity contribution in [3.05, 3.63) is 35.4 Å². The first kappa shape index (κ1) is 11.8. The van der Waals surface area contributed by atoms with Crippen LogP contribution in [0.15, 0.2) is 24.3 Å². The van der Waals surface area contributed by atoms with Gasteiger partial charge in [0.15, 0.2) is 0 Å². The molecule has 0 spiro atoms. The Hall–Kier alpha value is -1.31. The average Bonchev–Trinajstić information content (AvgIpc) is 2.26. The van der Waals surface area contributed by atoms with E-state index in [0.29, 0.717) is 18.9 Å². The molecule has 0 aliphatic rings. The third-order valence-corrected chi connectivity index (χ3v) is 2.46. The molecule has 1 aromatic rings. The van der Waals surface area contributed by atoms with E-state index in [1.165, 1.54) is 5.56 Å². The highest BCUT2D eigenvalue weighted by atomic mass is 16.1. The van der Waals surface area contributed by atoms with E-state index in [0.717, 1.165) is 5.56 Å². The Bertz CT molecular complexity index is 319. The van der Waals surface area contributed by atoms with Crippen LogP contribution in [0.5, 0.6) is 0 Å². The van der Waals surface area contributed by atoms with Crippen LogP contribution in [0.25, 0.3) is 0 Å². The molecule has 1 amide bonds. The van der Waals surface area contributed by atoms with Crippen molar-refractivity contribution in [1.29, 1.82) is 0 Å². The number of hydrogen-bond donors (Lipinski definition) is 1. The molecule has 2 nitrogen and oxygen atoms in total. The molecule has 0 saturated carbocycles. The minimum atomic E-state index is 0. The van der Waals surface area contributed by atoms with Gasteiger partial charge in [-0.3, -0.25) is 4.79 Å². The van der Waals surface area contributed by atoms with E-state index >= 15 is 0 Å². The molecule has 0 aliphatic carbocycles. The molecule has 0 aromatic heterocycles. The molecule has 0 fully saturated rings. The van der Waals surface area contributed by atoms with E-state index in [1.54, 1.807) is 0 Å². The average molecular weight is 207 g/mol. The molecular weight excluding hydrogens is 186 g/mol. The van der Waals surface area contributed by atoms with Crippen molar-refractivity contribution < 1.29 is 6.22 Å². The number of hydrogen-bond acceptors (Lipinski definition) is 1. The van der Waals surface area contributed by atoms with Crippen molar-refractivity contribution in [1.82, 2.24) is 5.32 Å². The second kappa shape index (κ2) is 5.54. The Kier molecular flexibility index (Phi) is 4.35. The maximum absolute atomic E-state index is 11.0. The molecule has 2 heteroatoms. The molecule has 0 radical (unpaired) electrons. The number of amides is 1. The molecule has 0 bridgehead atoms. The van der Waals surface area contributed by atoms with Crippen molar-refractivity contribution in [2.24, 2.45) is 0 Å². The van der Waals surface area contributed by atoms with Gasteiger partial charge in [0.05, 0.1) is 0 Å². The van der Waals surface area contributed by atoms with E-state index in [2.05, 4.69) is 43.4 Å². The van der Waals surface area contributed by atoms with Gasteiger partial charge in [-0.2, -0.15) is 0 Å². The molecule has 1 N–H and O–H groups in total. The minimum absolute atomic E-state index is 0. The molecule has 1 aromatic carbocycles. The summed E-state index contributed by atoms with van der Waals surface area (Å²) in [5, 5.41) is 2.86. The predicted molar refractivity (Wildman–Crippen MR) is 64.8 cm³/mol. The van der Waals surface area contributed by atoms with Gasteiger partial charge in [-0.15, -0.1) is 0 Å². The van der Waals surface area contributed by atoms with Crippen molar-refractivity contribution in [2.75, 3.05) is 0 Å². The van der Waals surface area contributed by atoms with Gasteiger partial charge in [0.2, 0.25) is 5.91 Å². The van der Waals surface area contributed by atoms with Crippen molar-refractivity contribution in [3.63, 3.8) is 0 Å². The lowest BCUT2D eigenvalue weighted by Crippen LogP contribution is -2.21. The number of rotatable bonds is 4. The Balaban J connectivity index is 0.00000225. The quantitative estimate of drug-likeness (QED) is 0.807. The summed E-state index contributed by atoms with van der Waals surface area (Å²) in [4.78, 5) is 11.0. The van der Waals surface area contributed by atoms with Gasteiger partial charge in [0.1, 0.15) is 0 Å². The lowest BCUT2D eigenvalue weighted by atomic mass is 10.0. The molecule has 0 aliphatic heterocycles. The topological polar surface area (TPSA) is 29.1 Å². The van der Waals surface area contributed by atoms with Gasteiger partial charge >= 0.3 is 0 Å². The Labute approximate surface area is 93.2 Å². The highest BCUT2D eigenvalue weighted by Crippen LogP contribution is 2.14. The summed E-state index contributed by atoms with van der Waals surface area (Å²) >= 11 is 0. The summed E-state index contributed by atoms with van der Waals surface area (Å²) in [7, 11) is 0. The van der Waals surface area contributed by atoms with Crippen molar-refractivity contribution >= 4 is 5.91 Å². The first-order chi connectivity index (χ1) is 7.13. The van der Waals surface area contributed by atoms with Crippen LogP contribution >= 0.6 is 0 Å². The highest BCUT2D eigenvalue weighted by Gasteiger charge is 2.00. The van der Waals surface area contributed by atoms with Gasteiger partial charge in [0, 0.05) is 14.4 Å². The predicted octanol–water partition coefficient (Wildman–Crippen LogP) is 3.08. The zero-order valence-electron chi connectivity index (χ0n) is 9.71. The van der Waals surface area contributed by atoms with Crippen LogP contribution in [0.4, 0.5) is 0 Å². The van der Waals surface area contributed by atoms with Crippen LogP contribution in [0, 0.1) is 0 Å². The van der Waals surface area contributed by atoms with E-state index in [4.69, 9.17) is 0 Å². The molecule has 0 heterocycles. The monoisotopic (exact) mass is 207 g/mol. The minimum Gasteiger partial charge on any atom is -0.352 e. The maximum atomic E-state index is 11.0. The molecule has 1 rings (SSSR count). The molecule has 0 unspecified atom stereocenters. The van der Waals surface area contributed by atoms with Crippen LogP contribution in [0.1, 0.15) is 45.7 Å². The molecular formula is C13H21NO. The third-order valence-electron chi connectivity index (χ3n) is 2.46. The fourth-order valence-corrected chi connectivity index (χ4v) is 1.35. The molecule has 84 valence electrons. The number of nitrogens with one attached hydrogen (secondary N) is 1. The van der Waals surface area contributed by atoms with Crippen LogP contribution in [0.3, 0.4) is 0 Å². The van der Waals surface area contributed by atoms with Crippen LogP contribution in [-0.4, -0.2) is 5.91 Å². The Morgan fingerprint density at radius 1 is 1.33 bits per heavy atom. The number of benzene rings is 1. The first-order valence-electron chi connectivity index (χ1n) is 5.49. The van der Waals surface area contributed by atoms with E-state index in [9.17, 15) is 4.79 Å². The first-order valence-corrected chi connectivity index (χ1v) is 5.49. The second-order valence-corrected chi connectivity index (χ2v) is 4.03. The lowest BCUT2D eigenvalue weighted by Gasteiger charge is -2.07. The molecule has 15 heavy (non-hydrogen) atoms. The zero-order chi connectivity index (χ0) is 11.3. The van der Waals surface area contributed by atoms with Crippen LogP contribution < -0.4 is 5.32 Å². The van der Waals surface area contributed by atoms with Crippen molar-refractivity contribution in [2.45, 2.75) is 39.7 Å². The van der Waals surface area contributed by atoms with Crippen molar-refractivity contribution in [3.8, 4) is 0 Å². The Morgan fingerprint density at radius 2 is 1.93 bits per heavy atom. The summed E-state index contributed by atoms with van der Waals surface area (Å²) in [6.07, 6.45) is 0.546. The standard InChI is InChI=1S/C13H19NO.H2/c1-4-13(15)14-9-11-5-7-12(8-6-11)10(2)3;/h5-8,10H,4,9H2,1-3H3,(H,14,15);1H. The van der Waals surface area contributed by atoms with E-state index in [-0.39, 0.29) is 7.33 Å². The fourth-order valence-electron chi connectivity index (χ4n) is 1.35. The normalized spacial score (nSPS) is 10.4. The SMILES string of the molecule is CCC(=O)NCc1ccc(C(C)C)cc1.[HH]. The lowest BCUT2D eigenvalue weighted by molar-refractivity contribution is -0.120. The Morgan fingerprint density at radius 3 is 2.40 bits per heavy atom. The van der Waals surface area contributed by atoms with Gasteiger partial charge in [-0.25, -0.2) is 0 Å². The summed E-state index contributed by atoms with van der Waals surface area (Å²) in [5.74, 6) is 0.659. The van der Waals surface area contributed by atoms with Crippen LogP contribution in [0.2, 0.25) is 0 Å². The summed E-state index contributed by atoms with van der Waals surface area (Å²) in [6.45, 7) is 6.84. The van der Waals surface area contributed by atoms with Gasteiger partial charge in [0.25, 0.3) is 0 Å². The summed E-state index contributed by atoms with van der Waals surface area (Å²) in [6, 6.07) is 8.40. The fraction of sp³-hybridized carbons (Fsp3) is 0.462. The summed E-state index contributed by atoms with van der Waals surface area (Å²) < 4.78 is 0. The smallest absolute Gasteiger partial charge is 0.219 e. The van der Waals surface area contributed by atoms with Gasteiger partial charge < -0.3 is 5.32 Å². The van der Waals surface area contributed by atoms with E-state index < -0.39 is 0 Å². The van der Waals surface area contributed by atoms with E-state index in [1.807, 2.05) is 6.92 Å².